The van der Waals surface area contributed by atoms with E-state index in [0.29, 0.717) is 13.0 Å². The topological polar surface area (TPSA) is 81.2 Å². The van der Waals surface area contributed by atoms with Crippen LogP contribution in [0.1, 0.15) is 24.9 Å². The molecule has 0 amide bonds. The van der Waals surface area contributed by atoms with Crippen LogP contribution in [0, 0.1) is 0 Å². The summed E-state index contributed by atoms with van der Waals surface area (Å²) in [5, 5.41) is 4.26. The van der Waals surface area contributed by atoms with Gasteiger partial charge in [-0.15, -0.1) is 0 Å². The van der Waals surface area contributed by atoms with Gasteiger partial charge in [-0.2, -0.15) is 5.10 Å². The molecule has 1 fully saturated rings. The summed E-state index contributed by atoms with van der Waals surface area (Å²) in [4.78, 5) is 2.08. The van der Waals surface area contributed by atoms with Gasteiger partial charge in [0.05, 0.1) is 23.7 Å². The number of rotatable bonds is 5. The molecule has 1 aromatic rings. The molecule has 2 rings (SSSR count). The first-order chi connectivity index (χ1) is 8.96. The summed E-state index contributed by atoms with van der Waals surface area (Å²) >= 11 is 0. The van der Waals surface area contributed by atoms with E-state index in [2.05, 4.69) is 10.00 Å². The van der Waals surface area contributed by atoms with E-state index in [4.69, 9.17) is 5.73 Å². The van der Waals surface area contributed by atoms with Gasteiger partial charge in [-0.3, -0.25) is 9.58 Å². The molecule has 1 saturated heterocycles. The predicted octanol–water partition coefficient (Wildman–Crippen LogP) is 0.0217. The highest BCUT2D eigenvalue weighted by atomic mass is 32.2. The van der Waals surface area contributed by atoms with E-state index in [1.807, 2.05) is 31.0 Å². The predicted molar refractivity (Wildman–Crippen MR) is 74.5 cm³/mol. The lowest BCUT2D eigenvalue weighted by Gasteiger charge is -2.31. The van der Waals surface area contributed by atoms with Gasteiger partial charge in [0, 0.05) is 30.9 Å². The average molecular weight is 286 g/mol. The molecule has 2 atom stereocenters. The van der Waals surface area contributed by atoms with Crippen molar-refractivity contribution in [2.45, 2.75) is 32.0 Å². The van der Waals surface area contributed by atoms with E-state index in [1.54, 1.807) is 0 Å². The zero-order valence-electron chi connectivity index (χ0n) is 11.5. The number of sulfone groups is 1. The lowest BCUT2D eigenvalue weighted by molar-refractivity contribution is 0.192. The first kappa shape index (κ1) is 14.5. The zero-order valence-corrected chi connectivity index (χ0v) is 12.3. The van der Waals surface area contributed by atoms with Crippen molar-refractivity contribution in [3.63, 3.8) is 0 Å². The first-order valence-electron chi connectivity index (χ1n) is 6.61. The maximum atomic E-state index is 11.6. The van der Waals surface area contributed by atoms with Crippen LogP contribution in [0.5, 0.6) is 0 Å². The van der Waals surface area contributed by atoms with E-state index in [0.717, 1.165) is 12.1 Å². The second kappa shape index (κ2) is 5.60. The van der Waals surface area contributed by atoms with E-state index < -0.39 is 9.84 Å². The van der Waals surface area contributed by atoms with Gasteiger partial charge in [0.25, 0.3) is 0 Å². The van der Waals surface area contributed by atoms with E-state index in [9.17, 15) is 8.42 Å². The Bertz CT molecular complexity index is 526. The van der Waals surface area contributed by atoms with Gasteiger partial charge < -0.3 is 5.73 Å². The lowest BCUT2D eigenvalue weighted by atomic mass is 10.1. The van der Waals surface area contributed by atoms with Crippen LogP contribution in [0.4, 0.5) is 0 Å². The summed E-state index contributed by atoms with van der Waals surface area (Å²) in [6.45, 7) is 3.31. The molecule has 6 nitrogen and oxygen atoms in total. The Morgan fingerprint density at radius 1 is 1.63 bits per heavy atom. The van der Waals surface area contributed by atoms with Crippen LogP contribution >= 0.6 is 0 Å². The molecular weight excluding hydrogens is 264 g/mol. The Kier molecular flexibility index (Phi) is 4.27. The third kappa shape index (κ3) is 3.16. The highest BCUT2D eigenvalue weighted by Crippen LogP contribution is 2.25. The van der Waals surface area contributed by atoms with Crippen LogP contribution in [0.25, 0.3) is 0 Å². The van der Waals surface area contributed by atoms with Gasteiger partial charge in [-0.05, 0) is 20.4 Å². The smallest absolute Gasteiger partial charge is 0.151 e. The molecule has 1 aliphatic rings. The fourth-order valence-electron chi connectivity index (χ4n) is 2.61. The molecule has 19 heavy (non-hydrogen) atoms. The first-order valence-corrected chi connectivity index (χ1v) is 8.43. The third-order valence-electron chi connectivity index (χ3n) is 3.86. The molecule has 2 N–H and O–H groups in total. The molecular formula is C12H22N4O2S. The summed E-state index contributed by atoms with van der Waals surface area (Å²) in [6.07, 6.45) is 4.50. The minimum absolute atomic E-state index is 0.0265. The summed E-state index contributed by atoms with van der Waals surface area (Å²) in [5.41, 5.74) is 6.92. The van der Waals surface area contributed by atoms with Crippen LogP contribution in [-0.4, -0.2) is 54.2 Å². The van der Waals surface area contributed by atoms with Crippen LogP contribution in [0.2, 0.25) is 0 Å². The molecule has 2 heterocycles. The highest BCUT2D eigenvalue weighted by Gasteiger charge is 2.33. The fraction of sp³-hybridized carbons (Fsp3) is 0.750. The van der Waals surface area contributed by atoms with E-state index in [1.165, 1.54) is 0 Å². The summed E-state index contributed by atoms with van der Waals surface area (Å²) < 4.78 is 25.0. The molecule has 7 heteroatoms. The lowest BCUT2D eigenvalue weighted by Crippen LogP contribution is -2.39. The maximum absolute atomic E-state index is 11.6. The molecule has 0 saturated carbocycles. The van der Waals surface area contributed by atoms with Gasteiger partial charge in [0.1, 0.15) is 0 Å². The Hall–Kier alpha value is -0.920. The van der Waals surface area contributed by atoms with Gasteiger partial charge in [0.15, 0.2) is 9.84 Å². The molecule has 1 aliphatic heterocycles. The molecule has 108 valence electrons. The number of nitrogens with two attached hydrogens (primary N) is 1. The molecule has 1 aromatic heterocycles. The van der Waals surface area contributed by atoms with E-state index >= 15 is 0 Å². The monoisotopic (exact) mass is 286 g/mol. The Labute approximate surface area is 114 Å². The van der Waals surface area contributed by atoms with Gasteiger partial charge in [0.2, 0.25) is 0 Å². The number of nitrogens with zero attached hydrogens (tertiary/aromatic N) is 3. The highest BCUT2D eigenvalue weighted by molar-refractivity contribution is 7.91. The van der Waals surface area contributed by atoms with Crippen LogP contribution < -0.4 is 5.73 Å². The van der Waals surface area contributed by atoms with Crippen molar-refractivity contribution in [3.05, 3.63) is 18.0 Å². The van der Waals surface area contributed by atoms with Crippen molar-refractivity contribution in [2.24, 2.45) is 5.73 Å². The molecule has 2 unspecified atom stereocenters. The zero-order chi connectivity index (χ0) is 14.0. The Morgan fingerprint density at radius 3 is 2.84 bits per heavy atom. The van der Waals surface area contributed by atoms with Crippen molar-refractivity contribution in [1.29, 1.82) is 0 Å². The molecule has 0 bridgehead atoms. The van der Waals surface area contributed by atoms with E-state index in [-0.39, 0.29) is 23.6 Å². The number of likely N-dealkylation sites (N-methyl/N-ethyl adjacent to an activating group) is 1. The van der Waals surface area contributed by atoms with Crippen molar-refractivity contribution >= 4 is 9.84 Å². The largest absolute Gasteiger partial charge is 0.329 e. The third-order valence-corrected chi connectivity index (χ3v) is 5.61. The molecule has 0 aliphatic carbocycles. The SMILES string of the molecule is CCn1cc(C(CN)N(C)C2CCS(=O)(=O)C2)cn1. The van der Waals surface area contributed by atoms with Crippen molar-refractivity contribution < 1.29 is 8.42 Å². The summed E-state index contributed by atoms with van der Waals surface area (Å²) in [6, 6.07) is 0.0853. The van der Waals surface area contributed by atoms with Crippen molar-refractivity contribution in [2.75, 3.05) is 25.1 Å². The Morgan fingerprint density at radius 2 is 2.37 bits per heavy atom. The van der Waals surface area contributed by atoms with Gasteiger partial charge in [-0.25, -0.2) is 8.42 Å². The Balaban J connectivity index is 2.13. The number of hydrogen-bond donors (Lipinski definition) is 1. The molecule has 0 spiro atoms. The number of aromatic nitrogens is 2. The second-order valence-corrected chi connectivity index (χ2v) is 7.33. The number of hydrogen-bond acceptors (Lipinski definition) is 5. The quantitative estimate of drug-likeness (QED) is 0.825. The minimum atomic E-state index is -2.87. The van der Waals surface area contributed by atoms with Crippen LogP contribution in [0.3, 0.4) is 0 Å². The van der Waals surface area contributed by atoms with Crippen molar-refractivity contribution in [1.82, 2.24) is 14.7 Å². The van der Waals surface area contributed by atoms with Crippen molar-refractivity contribution in [3.8, 4) is 0 Å². The molecule has 0 aromatic carbocycles. The van der Waals surface area contributed by atoms with Gasteiger partial charge >= 0.3 is 0 Å². The minimum Gasteiger partial charge on any atom is -0.329 e. The maximum Gasteiger partial charge on any atom is 0.151 e. The normalized spacial score (nSPS) is 23.9. The summed E-state index contributed by atoms with van der Waals surface area (Å²) in [5.74, 6) is 0.523. The average Bonchev–Trinajstić information content (AvgIpc) is 2.96. The second-order valence-electron chi connectivity index (χ2n) is 5.10. The molecule has 0 radical (unpaired) electrons. The summed E-state index contributed by atoms with van der Waals surface area (Å²) in [7, 11) is -0.916. The fourth-order valence-corrected chi connectivity index (χ4v) is 4.40. The standard InChI is InChI=1S/C12H22N4O2S/c1-3-16-8-10(7-14-16)12(6-13)15(2)11-4-5-19(17,18)9-11/h7-8,11-12H,3-6,9,13H2,1-2H3. The van der Waals surface area contributed by atoms with Gasteiger partial charge in [-0.1, -0.05) is 0 Å². The van der Waals surface area contributed by atoms with Crippen LogP contribution in [0.15, 0.2) is 12.4 Å². The number of aryl methyl sites for hydroxylation is 1. The van der Waals surface area contributed by atoms with Crippen LogP contribution in [-0.2, 0) is 16.4 Å².